The number of benzene rings is 3. The summed E-state index contributed by atoms with van der Waals surface area (Å²) in [4.78, 5) is 0. The molecule has 0 spiro atoms. The van der Waals surface area contributed by atoms with Crippen LogP contribution in [0.25, 0.3) is 0 Å². The average molecular weight is 433 g/mol. The lowest BCUT2D eigenvalue weighted by molar-refractivity contribution is -0.268. The van der Waals surface area contributed by atoms with Crippen molar-refractivity contribution in [3.63, 3.8) is 0 Å². The summed E-state index contributed by atoms with van der Waals surface area (Å²) < 4.78 is 31.2. The molecule has 0 aromatic heterocycles. The molecule has 2 aliphatic rings. The summed E-state index contributed by atoms with van der Waals surface area (Å²) in [5.74, 6) is 0. The van der Waals surface area contributed by atoms with Crippen molar-refractivity contribution in [2.24, 2.45) is 0 Å². The molecule has 166 valence electrons. The molecule has 2 saturated heterocycles. The summed E-state index contributed by atoms with van der Waals surface area (Å²) >= 11 is 0. The second-order valence-corrected chi connectivity index (χ2v) is 8.16. The van der Waals surface area contributed by atoms with Gasteiger partial charge in [-0.25, -0.2) is 0 Å². The van der Waals surface area contributed by atoms with Gasteiger partial charge in [0, 0.05) is 0 Å². The normalized spacial score (nSPS) is 26.8. The second-order valence-electron chi connectivity index (χ2n) is 8.16. The molecule has 5 heteroatoms. The van der Waals surface area contributed by atoms with E-state index in [1.807, 2.05) is 66.7 Å². The molecule has 0 amide bonds. The molecule has 0 N–H and O–H groups in total. The van der Waals surface area contributed by atoms with E-state index in [1.165, 1.54) is 0 Å². The predicted molar refractivity (Wildman–Crippen MR) is 120 cm³/mol. The Morgan fingerprint density at radius 3 is 1.50 bits per heavy atom. The van der Waals surface area contributed by atoms with Crippen LogP contribution in [0.3, 0.4) is 0 Å². The van der Waals surface area contributed by atoms with Gasteiger partial charge in [0.25, 0.3) is 0 Å². The first-order chi connectivity index (χ1) is 15.9. The Hall–Kier alpha value is -2.54. The lowest BCUT2D eigenvalue weighted by atomic mass is 10.00. The van der Waals surface area contributed by atoms with E-state index < -0.39 is 12.4 Å². The van der Waals surface area contributed by atoms with Gasteiger partial charge in [0.05, 0.1) is 26.4 Å². The van der Waals surface area contributed by atoms with Crippen molar-refractivity contribution in [1.82, 2.24) is 0 Å². The molecule has 2 unspecified atom stereocenters. The molecule has 0 saturated carbocycles. The smallest absolute Gasteiger partial charge is 0.187 e. The van der Waals surface area contributed by atoms with Crippen molar-refractivity contribution in [2.45, 2.75) is 50.5 Å². The van der Waals surface area contributed by atoms with E-state index in [1.54, 1.807) is 0 Å². The molecule has 5 nitrogen and oxygen atoms in total. The highest BCUT2D eigenvalue weighted by Crippen LogP contribution is 2.35. The van der Waals surface area contributed by atoms with E-state index >= 15 is 0 Å². The molecule has 2 bridgehead atoms. The van der Waals surface area contributed by atoms with Gasteiger partial charge in [-0.15, -0.1) is 0 Å². The molecule has 3 aromatic rings. The van der Waals surface area contributed by atoms with Gasteiger partial charge >= 0.3 is 0 Å². The van der Waals surface area contributed by atoms with E-state index in [-0.39, 0.29) is 18.3 Å². The van der Waals surface area contributed by atoms with Crippen LogP contribution in [-0.4, -0.2) is 37.3 Å². The fourth-order valence-electron chi connectivity index (χ4n) is 4.20. The maximum Gasteiger partial charge on any atom is 0.187 e. The lowest BCUT2D eigenvalue weighted by Gasteiger charge is -2.40. The fraction of sp³-hybridized carbons (Fsp3) is 0.333. The molecule has 3 aromatic carbocycles. The van der Waals surface area contributed by atoms with E-state index in [4.69, 9.17) is 23.7 Å². The summed E-state index contributed by atoms with van der Waals surface area (Å²) in [5.41, 5.74) is 3.31. The molecule has 2 heterocycles. The van der Waals surface area contributed by atoms with Crippen molar-refractivity contribution in [1.29, 1.82) is 0 Å². The van der Waals surface area contributed by atoms with E-state index in [9.17, 15) is 0 Å². The van der Waals surface area contributed by atoms with Crippen LogP contribution in [0.5, 0.6) is 0 Å². The summed E-state index contributed by atoms with van der Waals surface area (Å²) in [6.45, 7) is 1.88. The van der Waals surface area contributed by atoms with Crippen molar-refractivity contribution in [3.8, 4) is 0 Å². The maximum atomic E-state index is 6.44. The standard InChI is InChI=1S/C27H28O5/c1-4-10-20(11-5-1)16-28-24-23-19-31-27(32-23)26(30-18-22-14-8-3-9-15-22)25(24)29-17-21-12-6-2-7-13-21/h1-15,23-27H,16-19H2/t23?,24-,25+,26?,27+/m0/s1. The highest BCUT2D eigenvalue weighted by atomic mass is 16.8. The SMILES string of the molecule is c1ccc(COC2[C@@H]3OCC(O3)[C@H](OCc3ccccc3)[C@H]2OCc2ccccc2)cc1. The Morgan fingerprint density at radius 2 is 1.00 bits per heavy atom. The van der Waals surface area contributed by atoms with Gasteiger partial charge in [-0.3, -0.25) is 0 Å². The molecule has 0 aliphatic carbocycles. The summed E-state index contributed by atoms with van der Waals surface area (Å²) in [7, 11) is 0. The zero-order chi connectivity index (χ0) is 21.6. The lowest BCUT2D eigenvalue weighted by Crippen LogP contribution is -2.56. The first kappa shape index (κ1) is 21.3. The minimum absolute atomic E-state index is 0.180. The molecule has 32 heavy (non-hydrogen) atoms. The molecular weight excluding hydrogens is 404 g/mol. The van der Waals surface area contributed by atoms with Gasteiger partial charge in [0.15, 0.2) is 6.29 Å². The zero-order valence-electron chi connectivity index (χ0n) is 17.9. The Labute approximate surface area is 188 Å². The van der Waals surface area contributed by atoms with Gasteiger partial charge in [-0.2, -0.15) is 0 Å². The van der Waals surface area contributed by atoms with E-state index in [0.717, 1.165) is 16.7 Å². The van der Waals surface area contributed by atoms with E-state index in [2.05, 4.69) is 24.3 Å². The monoisotopic (exact) mass is 432 g/mol. The highest BCUT2D eigenvalue weighted by molar-refractivity contribution is 5.15. The van der Waals surface area contributed by atoms with Gasteiger partial charge in [-0.1, -0.05) is 91.0 Å². The van der Waals surface area contributed by atoms with Gasteiger partial charge in [0.2, 0.25) is 0 Å². The molecule has 2 aliphatic heterocycles. The Kier molecular flexibility index (Phi) is 6.92. The molecule has 5 rings (SSSR count). The Morgan fingerprint density at radius 1 is 0.562 bits per heavy atom. The van der Waals surface area contributed by atoms with Crippen LogP contribution in [0.1, 0.15) is 16.7 Å². The highest BCUT2D eigenvalue weighted by Gasteiger charge is 2.52. The minimum Gasteiger partial charge on any atom is -0.368 e. The van der Waals surface area contributed by atoms with Crippen LogP contribution in [0.4, 0.5) is 0 Å². The number of hydrogen-bond donors (Lipinski definition) is 0. The van der Waals surface area contributed by atoms with Crippen LogP contribution in [-0.2, 0) is 43.5 Å². The van der Waals surface area contributed by atoms with E-state index in [0.29, 0.717) is 26.4 Å². The third kappa shape index (κ3) is 5.09. The molecular formula is C27H28O5. The first-order valence-corrected chi connectivity index (χ1v) is 11.1. The molecule has 5 atom stereocenters. The zero-order valence-corrected chi connectivity index (χ0v) is 17.9. The molecule has 0 radical (unpaired) electrons. The second kappa shape index (κ2) is 10.4. The van der Waals surface area contributed by atoms with Crippen LogP contribution in [0.15, 0.2) is 91.0 Å². The average Bonchev–Trinajstić information content (AvgIpc) is 3.29. The van der Waals surface area contributed by atoms with Crippen molar-refractivity contribution in [3.05, 3.63) is 108 Å². The summed E-state index contributed by atoms with van der Waals surface area (Å²) in [6.07, 6.45) is -1.63. The Balaban J connectivity index is 1.33. The van der Waals surface area contributed by atoms with Crippen LogP contribution in [0.2, 0.25) is 0 Å². The third-order valence-electron chi connectivity index (χ3n) is 5.87. The minimum atomic E-state index is -0.457. The van der Waals surface area contributed by atoms with Gasteiger partial charge in [0.1, 0.15) is 24.4 Å². The molecule has 2 fully saturated rings. The summed E-state index contributed by atoms with van der Waals surface area (Å²) in [5, 5.41) is 0. The number of rotatable bonds is 9. The van der Waals surface area contributed by atoms with Crippen molar-refractivity contribution in [2.75, 3.05) is 6.61 Å². The third-order valence-corrected chi connectivity index (χ3v) is 5.87. The summed E-state index contributed by atoms with van der Waals surface area (Å²) in [6, 6.07) is 30.4. The Bertz CT molecular complexity index is 892. The fourth-order valence-corrected chi connectivity index (χ4v) is 4.20. The quantitative estimate of drug-likeness (QED) is 0.498. The first-order valence-electron chi connectivity index (χ1n) is 11.1. The predicted octanol–water partition coefficient (Wildman–Crippen LogP) is 4.50. The largest absolute Gasteiger partial charge is 0.368 e. The van der Waals surface area contributed by atoms with Crippen molar-refractivity contribution >= 4 is 0 Å². The van der Waals surface area contributed by atoms with Crippen LogP contribution < -0.4 is 0 Å². The number of ether oxygens (including phenoxy) is 5. The van der Waals surface area contributed by atoms with Gasteiger partial charge < -0.3 is 23.7 Å². The van der Waals surface area contributed by atoms with Crippen molar-refractivity contribution < 1.29 is 23.7 Å². The van der Waals surface area contributed by atoms with Crippen LogP contribution >= 0.6 is 0 Å². The maximum absolute atomic E-state index is 6.44. The topological polar surface area (TPSA) is 46.2 Å². The van der Waals surface area contributed by atoms with Crippen LogP contribution in [0, 0.1) is 0 Å². The number of fused-ring (bicyclic) bond motifs is 2. The number of hydrogen-bond acceptors (Lipinski definition) is 5. The van der Waals surface area contributed by atoms with Gasteiger partial charge in [-0.05, 0) is 16.7 Å².